The number of hydrogen-bond donors (Lipinski definition) is 1. The van der Waals surface area contributed by atoms with Gasteiger partial charge in [-0.1, -0.05) is 6.07 Å². The third-order valence-electron chi connectivity index (χ3n) is 5.33. The Bertz CT molecular complexity index is 638. The highest BCUT2D eigenvalue weighted by Crippen LogP contribution is 2.24. The number of nitrogens with zero attached hydrogens (tertiary/aromatic N) is 2. The summed E-state index contributed by atoms with van der Waals surface area (Å²) in [6.07, 6.45) is 3.86. The Hall–Kier alpha value is -1.89. The van der Waals surface area contributed by atoms with Crippen LogP contribution in [0.1, 0.15) is 37.5 Å². The minimum Gasteiger partial charge on any atom is -0.356 e. The Morgan fingerprint density at radius 1 is 1.19 bits per heavy atom. The van der Waals surface area contributed by atoms with Crippen LogP contribution in [-0.2, 0) is 20.8 Å². The van der Waals surface area contributed by atoms with Crippen molar-refractivity contribution in [2.24, 2.45) is 5.92 Å². The van der Waals surface area contributed by atoms with Crippen molar-refractivity contribution in [3.05, 3.63) is 22.4 Å². The van der Waals surface area contributed by atoms with E-state index in [0.717, 1.165) is 30.6 Å². The third kappa shape index (κ3) is 4.63. The van der Waals surface area contributed by atoms with E-state index in [0.29, 0.717) is 38.5 Å². The molecule has 7 heteroatoms. The molecular formula is C19H27N3O3S. The predicted molar refractivity (Wildman–Crippen MR) is 101 cm³/mol. The first kappa shape index (κ1) is 18.9. The Labute approximate surface area is 158 Å². The standard InChI is InChI=1S/C19H27N3O3S/c1-14(23)20-13-15-6-9-21(10-7-15)19(25)17-5-2-8-22(17)18(24)12-16-4-3-11-26-16/h3-4,11,15,17H,2,5-10,12-13H2,1H3,(H,20,23). The molecule has 0 bridgehead atoms. The minimum absolute atomic E-state index is 0.00523. The summed E-state index contributed by atoms with van der Waals surface area (Å²) in [5, 5.41) is 4.84. The van der Waals surface area contributed by atoms with Crippen molar-refractivity contribution in [3.63, 3.8) is 0 Å². The van der Waals surface area contributed by atoms with E-state index < -0.39 is 0 Å². The quantitative estimate of drug-likeness (QED) is 0.848. The summed E-state index contributed by atoms with van der Waals surface area (Å²) in [6.45, 7) is 4.32. The van der Waals surface area contributed by atoms with Gasteiger partial charge in [0.15, 0.2) is 0 Å². The van der Waals surface area contributed by atoms with E-state index in [4.69, 9.17) is 0 Å². The van der Waals surface area contributed by atoms with Crippen LogP contribution < -0.4 is 5.32 Å². The van der Waals surface area contributed by atoms with E-state index >= 15 is 0 Å². The highest BCUT2D eigenvalue weighted by Gasteiger charge is 2.37. The largest absolute Gasteiger partial charge is 0.356 e. The molecule has 26 heavy (non-hydrogen) atoms. The second-order valence-corrected chi connectivity index (χ2v) is 8.24. The maximum absolute atomic E-state index is 13.0. The molecule has 2 fully saturated rings. The van der Waals surface area contributed by atoms with Crippen LogP contribution in [-0.4, -0.2) is 59.7 Å². The summed E-state index contributed by atoms with van der Waals surface area (Å²) in [5.74, 6) is 0.585. The van der Waals surface area contributed by atoms with E-state index in [1.54, 1.807) is 16.2 Å². The molecule has 0 radical (unpaired) electrons. The summed E-state index contributed by atoms with van der Waals surface area (Å²) >= 11 is 1.58. The maximum atomic E-state index is 13.0. The molecule has 3 rings (SSSR count). The second kappa shape index (κ2) is 8.66. The van der Waals surface area contributed by atoms with Gasteiger partial charge in [-0.15, -0.1) is 11.3 Å². The molecule has 1 atom stereocenters. The van der Waals surface area contributed by atoms with Gasteiger partial charge in [0.2, 0.25) is 17.7 Å². The van der Waals surface area contributed by atoms with Gasteiger partial charge in [0.1, 0.15) is 6.04 Å². The van der Waals surface area contributed by atoms with E-state index in [9.17, 15) is 14.4 Å². The third-order valence-corrected chi connectivity index (χ3v) is 6.21. The van der Waals surface area contributed by atoms with Gasteiger partial charge >= 0.3 is 0 Å². The van der Waals surface area contributed by atoms with Gasteiger partial charge in [0.05, 0.1) is 6.42 Å². The van der Waals surface area contributed by atoms with Crippen molar-refractivity contribution < 1.29 is 14.4 Å². The zero-order chi connectivity index (χ0) is 18.5. The molecule has 0 spiro atoms. The van der Waals surface area contributed by atoms with E-state index in [2.05, 4.69) is 5.32 Å². The smallest absolute Gasteiger partial charge is 0.245 e. The lowest BCUT2D eigenvalue weighted by molar-refractivity contribution is -0.144. The van der Waals surface area contributed by atoms with Crippen LogP contribution in [0.5, 0.6) is 0 Å². The highest BCUT2D eigenvalue weighted by atomic mass is 32.1. The fourth-order valence-corrected chi connectivity index (χ4v) is 4.54. The predicted octanol–water partition coefficient (Wildman–Crippen LogP) is 1.66. The Balaban J connectivity index is 1.52. The first-order valence-corrected chi connectivity index (χ1v) is 10.3. The fourth-order valence-electron chi connectivity index (χ4n) is 3.84. The molecule has 3 amide bonds. The van der Waals surface area contributed by atoms with Crippen LogP contribution in [0.25, 0.3) is 0 Å². The van der Waals surface area contributed by atoms with Gasteiger partial charge in [-0.25, -0.2) is 0 Å². The molecule has 1 N–H and O–H groups in total. The van der Waals surface area contributed by atoms with Crippen molar-refractivity contribution in [1.82, 2.24) is 15.1 Å². The van der Waals surface area contributed by atoms with E-state index in [-0.39, 0.29) is 23.8 Å². The molecule has 2 aliphatic rings. The average molecular weight is 378 g/mol. The van der Waals surface area contributed by atoms with Gasteiger partial charge in [0, 0.05) is 38.0 Å². The molecule has 3 heterocycles. The van der Waals surface area contributed by atoms with E-state index in [1.165, 1.54) is 6.92 Å². The normalized spacial score (nSPS) is 21.0. The van der Waals surface area contributed by atoms with Crippen molar-refractivity contribution in [2.75, 3.05) is 26.2 Å². The number of thiophene rings is 1. The van der Waals surface area contributed by atoms with Crippen molar-refractivity contribution in [1.29, 1.82) is 0 Å². The lowest BCUT2D eigenvalue weighted by Crippen LogP contribution is -2.50. The van der Waals surface area contributed by atoms with Gasteiger partial charge < -0.3 is 15.1 Å². The molecule has 2 aliphatic heterocycles. The van der Waals surface area contributed by atoms with Crippen molar-refractivity contribution in [2.45, 2.75) is 45.1 Å². The Morgan fingerprint density at radius 2 is 1.96 bits per heavy atom. The van der Waals surface area contributed by atoms with Gasteiger partial charge in [0.25, 0.3) is 0 Å². The van der Waals surface area contributed by atoms with Gasteiger partial charge in [-0.05, 0) is 43.0 Å². The van der Waals surface area contributed by atoms with Gasteiger partial charge in [-0.3, -0.25) is 14.4 Å². The molecule has 1 aromatic heterocycles. The summed E-state index contributed by atoms with van der Waals surface area (Å²) in [4.78, 5) is 41.4. The first-order chi connectivity index (χ1) is 12.5. The summed E-state index contributed by atoms with van der Waals surface area (Å²) in [5.41, 5.74) is 0. The minimum atomic E-state index is -0.297. The number of nitrogens with one attached hydrogen (secondary N) is 1. The first-order valence-electron chi connectivity index (χ1n) is 9.39. The lowest BCUT2D eigenvalue weighted by Gasteiger charge is -2.35. The molecule has 0 saturated carbocycles. The fraction of sp³-hybridized carbons (Fsp3) is 0.632. The molecule has 6 nitrogen and oxygen atoms in total. The average Bonchev–Trinajstić information content (AvgIpc) is 3.31. The number of carbonyl (C=O) groups is 3. The van der Waals surface area contributed by atoms with Crippen molar-refractivity contribution >= 4 is 29.1 Å². The number of hydrogen-bond acceptors (Lipinski definition) is 4. The molecule has 1 unspecified atom stereocenters. The summed E-state index contributed by atoms with van der Waals surface area (Å²) in [6, 6.07) is 3.62. The number of piperidine rings is 1. The highest BCUT2D eigenvalue weighted by molar-refractivity contribution is 7.10. The molecule has 0 aliphatic carbocycles. The maximum Gasteiger partial charge on any atom is 0.245 e. The van der Waals surface area contributed by atoms with Crippen molar-refractivity contribution in [3.8, 4) is 0 Å². The Kier molecular flexibility index (Phi) is 6.29. The number of amides is 3. The van der Waals surface area contributed by atoms with Crippen LogP contribution in [0.2, 0.25) is 0 Å². The van der Waals surface area contributed by atoms with Gasteiger partial charge in [-0.2, -0.15) is 0 Å². The number of carbonyl (C=O) groups excluding carboxylic acids is 3. The monoisotopic (exact) mass is 377 g/mol. The van der Waals surface area contributed by atoms with E-state index in [1.807, 2.05) is 22.4 Å². The second-order valence-electron chi connectivity index (χ2n) is 7.21. The summed E-state index contributed by atoms with van der Waals surface area (Å²) in [7, 11) is 0. The Morgan fingerprint density at radius 3 is 2.62 bits per heavy atom. The van der Waals surface area contributed by atoms with Crippen LogP contribution >= 0.6 is 11.3 Å². The molecular weight excluding hydrogens is 350 g/mol. The zero-order valence-corrected chi connectivity index (χ0v) is 16.1. The SMILES string of the molecule is CC(=O)NCC1CCN(C(=O)C2CCCN2C(=O)Cc2cccs2)CC1. The summed E-state index contributed by atoms with van der Waals surface area (Å²) < 4.78 is 0. The van der Waals surface area contributed by atoms with Crippen LogP contribution in [0.3, 0.4) is 0 Å². The molecule has 142 valence electrons. The van der Waals surface area contributed by atoms with Crippen LogP contribution in [0.4, 0.5) is 0 Å². The topological polar surface area (TPSA) is 69.7 Å². The number of rotatable bonds is 5. The molecule has 1 aromatic rings. The lowest BCUT2D eigenvalue weighted by atomic mass is 9.96. The number of likely N-dealkylation sites (tertiary alicyclic amines) is 2. The zero-order valence-electron chi connectivity index (χ0n) is 15.3. The molecule has 0 aromatic carbocycles. The molecule has 2 saturated heterocycles. The van der Waals surface area contributed by atoms with Crippen LogP contribution in [0, 0.1) is 5.92 Å². The van der Waals surface area contributed by atoms with Crippen LogP contribution in [0.15, 0.2) is 17.5 Å².